The second kappa shape index (κ2) is 9.46. The number of nitrogens with two attached hydrogens (primary N) is 1. The highest BCUT2D eigenvalue weighted by atomic mass is 19.3. The Morgan fingerprint density at radius 1 is 1.22 bits per heavy atom. The molecule has 0 radical (unpaired) electrons. The number of benzene rings is 2. The molecule has 2 aromatic carbocycles. The summed E-state index contributed by atoms with van der Waals surface area (Å²) in [6, 6.07) is 12.1. The molecule has 8 heteroatoms. The van der Waals surface area contributed by atoms with Crippen molar-refractivity contribution in [3.8, 4) is 17.0 Å². The third-order valence-corrected chi connectivity index (χ3v) is 5.67. The molecule has 1 saturated carbocycles. The molecule has 0 bridgehead atoms. The minimum Gasteiger partial charge on any atom is -0.435 e. The maximum Gasteiger partial charge on any atom is 0.387 e. The molecular weight excluding hydrogens is 414 g/mol. The van der Waals surface area contributed by atoms with Crippen LogP contribution in [0.15, 0.2) is 42.5 Å². The Bertz CT molecular complexity index is 1090. The van der Waals surface area contributed by atoms with Crippen molar-refractivity contribution in [3.63, 3.8) is 0 Å². The molecule has 6 nitrogen and oxygen atoms in total. The van der Waals surface area contributed by atoms with E-state index in [0.717, 1.165) is 54.4 Å². The number of carbonyl (C=O) groups is 1. The predicted molar refractivity (Wildman–Crippen MR) is 123 cm³/mol. The van der Waals surface area contributed by atoms with Gasteiger partial charge >= 0.3 is 12.6 Å². The van der Waals surface area contributed by atoms with Gasteiger partial charge in [0.15, 0.2) is 0 Å². The highest BCUT2D eigenvalue weighted by Gasteiger charge is 2.26. The number of urea groups is 1. The Morgan fingerprint density at radius 2 is 1.97 bits per heavy atom. The highest BCUT2D eigenvalue weighted by Crippen LogP contribution is 2.41. The van der Waals surface area contributed by atoms with Crippen LogP contribution in [0.2, 0.25) is 0 Å². The molecule has 0 aliphatic heterocycles. The lowest BCUT2D eigenvalue weighted by molar-refractivity contribution is -0.0497. The van der Waals surface area contributed by atoms with Gasteiger partial charge in [0, 0.05) is 35.8 Å². The van der Waals surface area contributed by atoms with Crippen LogP contribution < -0.4 is 21.1 Å². The summed E-state index contributed by atoms with van der Waals surface area (Å²) >= 11 is 0. The number of unbranched alkanes of at least 4 members (excludes halogenated alkanes) is 1. The van der Waals surface area contributed by atoms with E-state index in [1.165, 1.54) is 6.07 Å². The van der Waals surface area contributed by atoms with E-state index in [9.17, 15) is 13.6 Å². The first kappa shape index (κ1) is 21.9. The van der Waals surface area contributed by atoms with E-state index in [1.54, 1.807) is 12.1 Å². The van der Waals surface area contributed by atoms with Crippen molar-refractivity contribution < 1.29 is 18.3 Å². The van der Waals surface area contributed by atoms with Gasteiger partial charge < -0.3 is 25.7 Å². The Balaban J connectivity index is 1.64. The monoisotopic (exact) mass is 442 g/mol. The second-order valence-corrected chi connectivity index (χ2v) is 8.19. The number of halogens is 2. The maximum absolute atomic E-state index is 12.7. The first-order valence-corrected chi connectivity index (χ1v) is 11.0. The van der Waals surface area contributed by atoms with Crippen molar-refractivity contribution in [1.82, 2.24) is 9.88 Å². The second-order valence-electron chi connectivity index (χ2n) is 8.19. The number of nitrogen functional groups attached to an aromatic ring is 1. The quantitative estimate of drug-likeness (QED) is 0.365. The van der Waals surface area contributed by atoms with E-state index >= 15 is 0 Å². The van der Waals surface area contributed by atoms with E-state index in [2.05, 4.69) is 26.9 Å². The van der Waals surface area contributed by atoms with E-state index < -0.39 is 6.61 Å². The number of anilines is 2. The molecule has 1 heterocycles. The zero-order chi connectivity index (χ0) is 22.7. The number of rotatable bonds is 9. The van der Waals surface area contributed by atoms with Crippen molar-refractivity contribution >= 4 is 28.3 Å². The fraction of sp³-hybridized carbons (Fsp3) is 0.375. The van der Waals surface area contributed by atoms with Crippen molar-refractivity contribution in [3.05, 3.63) is 42.5 Å². The molecule has 170 valence electrons. The van der Waals surface area contributed by atoms with Crippen LogP contribution in [0.25, 0.3) is 22.2 Å². The van der Waals surface area contributed by atoms with Gasteiger partial charge in [0.25, 0.3) is 0 Å². The summed E-state index contributed by atoms with van der Waals surface area (Å²) in [4.78, 5) is 12.0. The molecule has 1 aromatic heterocycles. The van der Waals surface area contributed by atoms with Gasteiger partial charge in [0.2, 0.25) is 0 Å². The molecule has 4 N–H and O–H groups in total. The Morgan fingerprint density at radius 3 is 2.62 bits per heavy atom. The summed E-state index contributed by atoms with van der Waals surface area (Å²) in [5.41, 5.74) is 10.3. The van der Waals surface area contributed by atoms with Gasteiger partial charge in [-0.1, -0.05) is 25.5 Å². The largest absolute Gasteiger partial charge is 0.435 e. The molecule has 3 aromatic rings. The molecule has 0 saturated heterocycles. The van der Waals surface area contributed by atoms with E-state index in [0.29, 0.717) is 23.8 Å². The predicted octanol–water partition coefficient (Wildman–Crippen LogP) is 5.82. The van der Waals surface area contributed by atoms with Gasteiger partial charge in [-0.25, -0.2) is 4.79 Å². The SMILES string of the molecule is CCCCNC(=O)Nc1ccc(-c2c(N)c3ccc(OC(F)F)cc3n2CC2CC2)cc1. The number of carbonyl (C=O) groups excluding carboxylic acids is 1. The van der Waals surface area contributed by atoms with Crippen LogP contribution >= 0.6 is 0 Å². The van der Waals surface area contributed by atoms with Crippen molar-refractivity contribution in [2.75, 3.05) is 17.6 Å². The lowest BCUT2D eigenvalue weighted by Gasteiger charge is -2.13. The summed E-state index contributed by atoms with van der Waals surface area (Å²) in [6.45, 7) is 0.589. The normalized spacial score (nSPS) is 13.5. The Hall–Kier alpha value is -3.29. The lowest BCUT2D eigenvalue weighted by atomic mass is 10.1. The molecule has 0 atom stereocenters. The van der Waals surface area contributed by atoms with Gasteiger partial charge in [0.05, 0.1) is 16.9 Å². The van der Waals surface area contributed by atoms with Gasteiger partial charge in [-0.05, 0) is 49.4 Å². The molecule has 1 aliphatic carbocycles. The molecule has 32 heavy (non-hydrogen) atoms. The summed E-state index contributed by atoms with van der Waals surface area (Å²) in [5.74, 6) is 0.665. The van der Waals surface area contributed by atoms with Crippen molar-refractivity contribution in [1.29, 1.82) is 0 Å². The van der Waals surface area contributed by atoms with Crippen LogP contribution in [0.3, 0.4) is 0 Å². The molecule has 1 aliphatic rings. The molecule has 4 rings (SSSR count). The molecule has 2 amide bonds. The number of ether oxygens (including phenoxy) is 1. The number of nitrogens with one attached hydrogen (secondary N) is 2. The molecule has 1 fully saturated rings. The average molecular weight is 443 g/mol. The van der Waals surface area contributed by atoms with Crippen LogP contribution in [-0.4, -0.2) is 23.8 Å². The summed E-state index contributed by atoms with van der Waals surface area (Å²) < 4.78 is 32.1. The summed E-state index contributed by atoms with van der Waals surface area (Å²) in [6.07, 6.45) is 4.23. The third-order valence-electron chi connectivity index (χ3n) is 5.67. The number of hydrogen-bond acceptors (Lipinski definition) is 3. The first-order chi connectivity index (χ1) is 15.5. The van der Waals surface area contributed by atoms with Crippen molar-refractivity contribution in [2.45, 2.75) is 45.8 Å². The van der Waals surface area contributed by atoms with Gasteiger partial charge in [0.1, 0.15) is 5.75 Å². The minimum atomic E-state index is -2.88. The van der Waals surface area contributed by atoms with Crippen LogP contribution in [0, 0.1) is 5.92 Å². The fourth-order valence-corrected chi connectivity index (χ4v) is 3.86. The van der Waals surface area contributed by atoms with Gasteiger partial charge in [-0.2, -0.15) is 8.78 Å². The van der Waals surface area contributed by atoms with E-state index in [-0.39, 0.29) is 11.8 Å². The van der Waals surface area contributed by atoms with Crippen LogP contribution in [-0.2, 0) is 6.54 Å². The van der Waals surface area contributed by atoms with E-state index in [1.807, 2.05) is 24.3 Å². The highest BCUT2D eigenvalue weighted by molar-refractivity contribution is 6.01. The maximum atomic E-state index is 12.7. The van der Waals surface area contributed by atoms with Crippen molar-refractivity contribution in [2.24, 2.45) is 5.92 Å². The van der Waals surface area contributed by atoms with E-state index in [4.69, 9.17) is 5.73 Å². The smallest absolute Gasteiger partial charge is 0.387 e. The van der Waals surface area contributed by atoms with Crippen LogP contribution in [0.1, 0.15) is 32.6 Å². The number of amides is 2. The molecule has 0 spiro atoms. The number of alkyl halides is 2. The first-order valence-electron chi connectivity index (χ1n) is 11.0. The standard InChI is InChI=1S/C24H28F2N4O2/c1-2-3-12-28-24(31)29-17-8-6-16(7-9-17)22-21(27)19-11-10-18(32-23(25)26)13-20(19)30(22)14-15-4-5-15/h6-11,13,15,23H,2-5,12,14,27H2,1H3,(H2,28,29,31). The van der Waals surface area contributed by atoms with Crippen LogP contribution in [0.4, 0.5) is 25.0 Å². The summed E-state index contributed by atoms with van der Waals surface area (Å²) in [5, 5.41) is 6.46. The van der Waals surface area contributed by atoms with Gasteiger partial charge in [-0.3, -0.25) is 0 Å². The lowest BCUT2D eigenvalue weighted by Crippen LogP contribution is -2.29. The van der Waals surface area contributed by atoms with Crippen LogP contribution in [0.5, 0.6) is 5.75 Å². The number of hydrogen-bond donors (Lipinski definition) is 3. The van der Waals surface area contributed by atoms with Gasteiger partial charge in [-0.15, -0.1) is 0 Å². The molecule has 0 unspecified atom stereocenters. The topological polar surface area (TPSA) is 81.3 Å². The zero-order valence-electron chi connectivity index (χ0n) is 18.0. The summed E-state index contributed by atoms with van der Waals surface area (Å²) in [7, 11) is 0. The molecular formula is C24H28F2N4O2. The Kier molecular flexibility index (Phi) is 6.48. The number of nitrogens with zero attached hydrogens (tertiary/aromatic N) is 1. The third kappa shape index (κ3) is 4.95. The number of fused-ring (bicyclic) bond motifs is 1. The minimum absolute atomic E-state index is 0.113. The zero-order valence-corrected chi connectivity index (χ0v) is 18.0. The fourth-order valence-electron chi connectivity index (χ4n) is 3.86. The average Bonchev–Trinajstić information content (AvgIpc) is 3.53. The number of aromatic nitrogens is 1. The Labute approximate surface area is 185 Å².